The van der Waals surface area contributed by atoms with Gasteiger partial charge in [0, 0.05) is 12.1 Å². The summed E-state index contributed by atoms with van der Waals surface area (Å²) in [5.41, 5.74) is 0. The fourth-order valence-electron chi connectivity index (χ4n) is 2.69. The maximum atomic E-state index is 11.0. The minimum Gasteiger partial charge on any atom is -0.481 e. The van der Waals surface area contributed by atoms with Crippen LogP contribution in [0.1, 0.15) is 39.5 Å². The van der Waals surface area contributed by atoms with E-state index in [1.165, 1.54) is 19.4 Å². The molecule has 0 bridgehead atoms. The van der Waals surface area contributed by atoms with E-state index in [0.29, 0.717) is 6.04 Å². The highest BCUT2D eigenvalue weighted by Gasteiger charge is 2.29. The van der Waals surface area contributed by atoms with Crippen LogP contribution >= 0.6 is 0 Å². The lowest BCUT2D eigenvalue weighted by molar-refractivity contribution is -0.143. The van der Waals surface area contributed by atoms with Crippen molar-refractivity contribution < 1.29 is 9.90 Å². The third-order valence-corrected chi connectivity index (χ3v) is 4.61. The van der Waals surface area contributed by atoms with Gasteiger partial charge < -0.3 is 10.4 Å². The first-order valence-corrected chi connectivity index (χ1v) is 7.28. The van der Waals surface area contributed by atoms with Crippen LogP contribution in [0, 0.1) is 11.8 Å². The van der Waals surface area contributed by atoms with Gasteiger partial charge in [0.05, 0.1) is 5.92 Å². The quantitative estimate of drug-likeness (QED) is 0.755. The zero-order valence-corrected chi connectivity index (χ0v) is 11.6. The molecule has 2 fully saturated rings. The Kier molecular flexibility index (Phi) is 4.62. The second-order valence-corrected chi connectivity index (χ2v) is 6.03. The Bertz CT molecular complexity index is 284. The molecule has 0 amide bonds. The Labute approximate surface area is 110 Å². The van der Waals surface area contributed by atoms with E-state index in [4.69, 9.17) is 5.11 Å². The van der Waals surface area contributed by atoms with Crippen LogP contribution < -0.4 is 5.32 Å². The Morgan fingerprint density at radius 2 is 1.89 bits per heavy atom. The molecule has 0 aromatic rings. The smallest absolute Gasteiger partial charge is 0.307 e. The maximum absolute atomic E-state index is 11.0. The van der Waals surface area contributed by atoms with E-state index in [1.54, 1.807) is 0 Å². The largest absolute Gasteiger partial charge is 0.481 e. The molecule has 1 aliphatic carbocycles. The highest BCUT2D eigenvalue weighted by Crippen LogP contribution is 2.28. The molecule has 4 heteroatoms. The molecule has 1 aliphatic heterocycles. The molecule has 2 rings (SSSR count). The van der Waals surface area contributed by atoms with Gasteiger partial charge in [0.1, 0.15) is 0 Å². The van der Waals surface area contributed by atoms with E-state index >= 15 is 0 Å². The molecule has 0 aromatic carbocycles. The number of likely N-dealkylation sites (tertiary alicyclic amines) is 1. The number of hydrogen-bond acceptors (Lipinski definition) is 3. The van der Waals surface area contributed by atoms with E-state index in [-0.39, 0.29) is 12.0 Å². The molecule has 2 unspecified atom stereocenters. The Morgan fingerprint density at radius 3 is 2.39 bits per heavy atom. The third kappa shape index (κ3) is 3.69. The Balaban J connectivity index is 1.69. The van der Waals surface area contributed by atoms with Crippen molar-refractivity contribution in [2.45, 2.75) is 51.6 Å². The molecule has 2 atom stereocenters. The van der Waals surface area contributed by atoms with Crippen molar-refractivity contribution in [3.8, 4) is 0 Å². The van der Waals surface area contributed by atoms with Crippen LogP contribution in [-0.2, 0) is 4.79 Å². The first kappa shape index (κ1) is 13.8. The zero-order valence-electron chi connectivity index (χ0n) is 11.6. The van der Waals surface area contributed by atoms with E-state index in [0.717, 1.165) is 31.8 Å². The molecule has 1 saturated heterocycles. The van der Waals surface area contributed by atoms with Crippen molar-refractivity contribution in [3.63, 3.8) is 0 Å². The number of nitrogens with one attached hydrogen (secondary N) is 1. The fraction of sp³-hybridized carbons (Fsp3) is 0.929. The average molecular weight is 254 g/mol. The monoisotopic (exact) mass is 254 g/mol. The first-order chi connectivity index (χ1) is 8.58. The number of hydrogen-bond donors (Lipinski definition) is 2. The lowest BCUT2D eigenvalue weighted by atomic mass is 9.97. The van der Waals surface area contributed by atoms with Gasteiger partial charge in [0.2, 0.25) is 0 Å². The second kappa shape index (κ2) is 6.02. The van der Waals surface area contributed by atoms with Gasteiger partial charge >= 0.3 is 5.97 Å². The van der Waals surface area contributed by atoms with Crippen molar-refractivity contribution in [1.29, 1.82) is 0 Å². The molecule has 0 radical (unpaired) electrons. The van der Waals surface area contributed by atoms with Gasteiger partial charge in [-0.3, -0.25) is 9.69 Å². The van der Waals surface area contributed by atoms with Gasteiger partial charge in [0.15, 0.2) is 0 Å². The molecule has 2 N–H and O–H groups in total. The van der Waals surface area contributed by atoms with E-state index < -0.39 is 5.97 Å². The van der Waals surface area contributed by atoms with Crippen LogP contribution in [0.5, 0.6) is 0 Å². The van der Waals surface area contributed by atoms with Crippen LogP contribution in [0.3, 0.4) is 0 Å². The van der Waals surface area contributed by atoms with Crippen molar-refractivity contribution in [1.82, 2.24) is 10.2 Å². The van der Waals surface area contributed by atoms with Gasteiger partial charge in [-0.2, -0.15) is 0 Å². The predicted octanol–water partition coefficient (Wildman–Crippen LogP) is 1.56. The molecule has 4 nitrogen and oxygen atoms in total. The normalized spacial score (nSPS) is 25.9. The summed E-state index contributed by atoms with van der Waals surface area (Å²) in [5, 5.41) is 12.7. The van der Waals surface area contributed by atoms with Gasteiger partial charge in [-0.25, -0.2) is 0 Å². The zero-order chi connectivity index (χ0) is 13.1. The van der Waals surface area contributed by atoms with Gasteiger partial charge in [-0.15, -0.1) is 0 Å². The molecule has 18 heavy (non-hydrogen) atoms. The number of piperidine rings is 1. The Hall–Kier alpha value is -0.610. The van der Waals surface area contributed by atoms with Crippen LogP contribution in [0.2, 0.25) is 0 Å². The molecule has 1 saturated carbocycles. The predicted molar refractivity (Wildman–Crippen MR) is 71.6 cm³/mol. The second-order valence-electron chi connectivity index (χ2n) is 6.03. The third-order valence-electron chi connectivity index (χ3n) is 4.61. The average Bonchev–Trinajstić information content (AvgIpc) is 3.19. The van der Waals surface area contributed by atoms with E-state index in [2.05, 4.69) is 10.2 Å². The minimum absolute atomic E-state index is 0.145. The SMILES string of the molecule is CC(C(=O)O)C(C)N1CCC(NCC2CC2)CC1. The van der Waals surface area contributed by atoms with Crippen LogP contribution in [0.15, 0.2) is 0 Å². The molecule has 104 valence electrons. The van der Waals surface area contributed by atoms with Crippen molar-refractivity contribution in [2.24, 2.45) is 11.8 Å². The van der Waals surface area contributed by atoms with Gasteiger partial charge in [-0.1, -0.05) is 6.92 Å². The van der Waals surface area contributed by atoms with E-state index in [9.17, 15) is 4.79 Å². The molecular weight excluding hydrogens is 228 g/mol. The van der Waals surface area contributed by atoms with Crippen molar-refractivity contribution in [2.75, 3.05) is 19.6 Å². The number of carboxylic acids is 1. The summed E-state index contributed by atoms with van der Waals surface area (Å²) in [6, 6.07) is 0.793. The lowest BCUT2D eigenvalue weighted by Crippen LogP contribution is -2.49. The first-order valence-electron chi connectivity index (χ1n) is 7.28. The number of rotatable bonds is 6. The van der Waals surface area contributed by atoms with Crippen LogP contribution in [-0.4, -0.2) is 47.7 Å². The highest BCUT2D eigenvalue weighted by atomic mass is 16.4. The molecule has 2 aliphatic rings. The highest BCUT2D eigenvalue weighted by molar-refractivity contribution is 5.70. The summed E-state index contributed by atoms with van der Waals surface area (Å²) in [5.74, 6) is -0.0218. The standard InChI is InChI=1S/C14H26N2O2/c1-10(14(17)18)11(2)16-7-5-13(6-8-16)15-9-12-3-4-12/h10-13,15H,3-9H2,1-2H3,(H,17,18). The molecule has 1 heterocycles. The van der Waals surface area contributed by atoms with Gasteiger partial charge in [0.25, 0.3) is 0 Å². The fourth-order valence-corrected chi connectivity index (χ4v) is 2.69. The number of aliphatic carboxylic acids is 1. The van der Waals surface area contributed by atoms with Gasteiger partial charge in [-0.05, 0) is 58.2 Å². The molecular formula is C14H26N2O2. The number of carbonyl (C=O) groups is 1. The molecule has 0 spiro atoms. The number of nitrogens with zero attached hydrogens (tertiary/aromatic N) is 1. The summed E-state index contributed by atoms with van der Waals surface area (Å²) in [7, 11) is 0. The summed E-state index contributed by atoms with van der Waals surface area (Å²) in [6.45, 7) is 7.09. The topological polar surface area (TPSA) is 52.6 Å². The molecule has 0 aromatic heterocycles. The summed E-state index contributed by atoms with van der Waals surface area (Å²) in [4.78, 5) is 13.3. The lowest BCUT2D eigenvalue weighted by Gasteiger charge is -2.37. The summed E-state index contributed by atoms with van der Waals surface area (Å²) >= 11 is 0. The summed E-state index contributed by atoms with van der Waals surface area (Å²) < 4.78 is 0. The van der Waals surface area contributed by atoms with Crippen LogP contribution in [0.25, 0.3) is 0 Å². The Morgan fingerprint density at radius 1 is 1.28 bits per heavy atom. The minimum atomic E-state index is -0.684. The van der Waals surface area contributed by atoms with E-state index in [1.807, 2.05) is 13.8 Å². The maximum Gasteiger partial charge on any atom is 0.307 e. The van der Waals surface area contributed by atoms with Crippen molar-refractivity contribution >= 4 is 5.97 Å². The van der Waals surface area contributed by atoms with Crippen molar-refractivity contribution in [3.05, 3.63) is 0 Å². The van der Waals surface area contributed by atoms with Crippen LogP contribution in [0.4, 0.5) is 0 Å². The number of carboxylic acid groups (broad SMARTS) is 1. The summed E-state index contributed by atoms with van der Waals surface area (Å²) in [6.07, 6.45) is 5.12.